The van der Waals surface area contributed by atoms with Crippen molar-refractivity contribution in [2.75, 3.05) is 0 Å². The van der Waals surface area contributed by atoms with E-state index in [0.29, 0.717) is 0 Å². The molecule has 0 aromatic carbocycles. The summed E-state index contributed by atoms with van der Waals surface area (Å²) < 4.78 is 60.8. The van der Waals surface area contributed by atoms with E-state index in [1.54, 1.807) is 0 Å². The number of carbonyl (C=O) groups is 1. The zero-order chi connectivity index (χ0) is 12.2. The summed E-state index contributed by atoms with van der Waals surface area (Å²) in [6.45, 7) is 0.942. The van der Waals surface area contributed by atoms with Gasteiger partial charge in [0.25, 0.3) is 6.43 Å². The van der Waals surface area contributed by atoms with E-state index in [0.717, 1.165) is 6.92 Å². The van der Waals surface area contributed by atoms with E-state index in [-0.39, 0.29) is 6.08 Å². The number of halogens is 5. The van der Waals surface area contributed by atoms with Crippen LogP contribution in [0.25, 0.3) is 0 Å². The molecule has 0 saturated carbocycles. The summed E-state index contributed by atoms with van der Waals surface area (Å²) in [5, 5.41) is 8.26. The van der Waals surface area contributed by atoms with Gasteiger partial charge in [0.2, 0.25) is 0 Å². The van der Waals surface area contributed by atoms with Crippen LogP contribution in [0.4, 0.5) is 22.0 Å². The number of rotatable bonds is 5. The average molecular weight is 232 g/mol. The molecule has 0 aliphatic carbocycles. The first-order chi connectivity index (χ1) is 6.77. The van der Waals surface area contributed by atoms with Crippen LogP contribution in [0.1, 0.15) is 6.92 Å². The molecule has 2 nitrogen and oxygen atoms in total. The molecule has 0 rings (SSSR count). The van der Waals surface area contributed by atoms with Crippen LogP contribution in [0.5, 0.6) is 0 Å². The first kappa shape index (κ1) is 13.9. The Kier molecular flexibility index (Phi) is 5.24. The van der Waals surface area contributed by atoms with Gasteiger partial charge in [0.15, 0.2) is 18.5 Å². The highest BCUT2D eigenvalue weighted by atomic mass is 19.3. The van der Waals surface area contributed by atoms with Crippen molar-refractivity contribution in [2.45, 2.75) is 31.9 Å². The third-order valence-corrected chi connectivity index (χ3v) is 1.60. The molecule has 0 radical (unpaired) electrons. The average Bonchev–Trinajstić information content (AvgIpc) is 2.14. The molecular weight excluding hydrogens is 223 g/mol. The molecule has 3 unspecified atom stereocenters. The second-order valence-electron chi connectivity index (χ2n) is 2.82. The van der Waals surface area contributed by atoms with Crippen molar-refractivity contribution in [1.82, 2.24) is 0 Å². The van der Waals surface area contributed by atoms with E-state index in [1.165, 1.54) is 0 Å². The number of hydrogen-bond donors (Lipinski definition) is 1. The standard InChI is InChI=1S/C8H9F5O2/c1-3(8(14)15)2-4(9)5(10)6(11)7(12)13/h2,4-7H,1H3,(H,14,15). The molecule has 88 valence electrons. The van der Waals surface area contributed by atoms with E-state index >= 15 is 0 Å². The molecule has 0 saturated heterocycles. The zero-order valence-corrected chi connectivity index (χ0v) is 7.63. The second kappa shape index (κ2) is 5.67. The van der Waals surface area contributed by atoms with Crippen LogP contribution < -0.4 is 0 Å². The molecule has 0 bridgehead atoms. The van der Waals surface area contributed by atoms with Gasteiger partial charge in [-0.15, -0.1) is 0 Å². The van der Waals surface area contributed by atoms with Crippen molar-refractivity contribution in [1.29, 1.82) is 0 Å². The van der Waals surface area contributed by atoms with Gasteiger partial charge in [-0.2, -0.15) is 0 Å². The highest BCUT2D eigenvalue weighted by Gasteiger charge is 2.35. The van der Waals surface area contributed by atoms with Gasteiger partial charge >= 0.3 is 5.97 Å². The number of hydrogen-bond acceptors (Lipinski definition) is 1. The Hall–Kier alpha value is -1.14. The van der Waals surface area contributed by atoms with Crippen LogP contribution in [0.2, 0.25) is 0 Å². The van der Waals surface area contributed by atoms with Gasteiger partial charge in [-0.3, -0.25) is 0 Å². The molecule has 1 N–H and O–H groups in total. The van der Waals surface area contributed by atoms with Crippen LogP contribution in [-0.4, -0.2) is 36.0 Å². The maximum Gasteiger partial charge on any atom is 0.331 e. The van der Waals surface area contributed by atoms with Gasteiger partial charge < -0.3 is 5.11 Å². The molecule has 0 aliphatic rings. The summed E-state index contributed by atoms with van der Waals surface area (Å²) in [5.41, 5.74) is -0.577. The summed E-state index contributed by atoms with van der Waals surface area (Å²) in [6, 6.07) is 0. The molecule has 0 amide bonds. The Labute approximate surface area is 82.4 Å². The van der Waals surface area contributed by atoms with Crippen molar-refractivity contribution >= 4 is 5.97 Å². The summed E-state index contributed by atoms with van der Waals surface area (Å²) in [6.07, 6.45) is -12.4. The summed E-state index contributed by atoms with van der Waals surface area (Å²) >= 11 is 0. The number of aliphatic carboxylic acids is 1. The first-order valence-electron chi connectivity index (χ1n) is 3.89. The SMILES string of the molecule is CC(=CC(F)C(F)C(F)C(F)F)C(=O)O. The van der Waals surface area contributed by atoms with Crippen LogP contribution in [-0.2, 0) is 4.79 Å². The lowest BCUT2D eigenvalue weighted by Crippen LogP contribution is -2.32. The van der Waals surface area contributed by atoms with Crippen LogP contribution in [0.15, 0.2) is 11.6 Å². The van der Waals surface area contributed by atoms with E-state index in [1.807, 2.05) is 0 Å². The number of carboxylic acids is 1. The van der Waals surface area contributed by atoms with Gasteiger partial charge in [0, 0.05) is 5.57 Å². The van der Waals surface area contributed by atoms with Gasteiger partial charge in [0.05, 0.1) is 0 Å². The van der Waals surface area contributed by atoms with E-state index in [2.05, 4.69) is 0 Å². The molecule has 0 aromatic heterocycles. The third-order valence-electron chi connectivity index (χ3n) is 1.60. The molecule has 0 aliphatic heterocycles. The van der Waals surface area contributed by atoms with Crippen LogP contribution in [0, 0.1) is 0 Å². The second-order valence-corrected chi connectivity index (χ2v) is 2.82. The quantitative estimate of drug-likeness (QED) is 0.583. The Morgan fingerprint density at radius 2 is 1.60 bits per heavy atom. The first-order valence-corrected chi connectivity index (χ1v) is 3.89. The summed E-state index contributed by atoms with van der Waals surface area (Å²) in [7, 11) is 0. The Morgan fingerprint density at radius 3 is 1.93 bits per heavy atom. The molecule has 3 atom stereocenters. The summed E-state index contributed by atoms with van der Waals surface area (Å²) in [5.74, 6) is -1.53. The minimum absolute atomic E-state index is 0.252. The lowest BCUT2D eigenvalue weighted by molar-refractivity contribution is -0.132. The molecule has 7 heteroatoms. The largest absolute Gasteiger partial charge is 0.478 e. The molecule has 0 fully saturated rings. The van der Waals surface area contributed by atoms with Gasteiger partial charge in [0.1, 0.15) is 0 Å². The van der Waals surface area contributed by atoms with Gasteiger partial charge in [-0.05, 0) is 13.0 Å². The lowest BCUT2D eigenvalue weighted by Gasteiger charge is -2.14. The number of alkyl halides is 5. The van der Waals surface area contributed by atoms with Crippen molar-refractivity contribution in [3.8, 4) is 0 Å². The number of allylic oxidation sites excluding steroid dienone is 1. The highest BCUT2D eigenvalue weighted by Crippen LogP contribution is 2.19. The van der Waals surface area contributed by atoms with Crippen molar-refractivity contribution in [3.63, 3.8) is 0 Å². The lowest BCUT2D eigenvalue weighted by atomic mass is 10.1. The predicted molar refractivity (Wildman–Crippen MR) is 42.1 cm³/mol. The minimum Gasteiger partial charge on any atom is -0.478 e. The third kappa shape index (κ3) is 4.26. The normalized spacial score (nSPS) is 18.7. The van der Waals surface area contributed by atoms with E-state index < -0.39 is 36.5 Å². The minimum atomic E-state index is -3.64. The fourth-order valence-electron chi connectivity index (χ4n) is 0.717. The van der Waals surface area contributed by atoms with Crippen molar-refractivity contribution < 1.29 is 31.9 Å². The van der Waals surface area contributed by atoms with Crippen LogP contribution >= 0.6 is 0 Å². The van der Waals surface area contributed by atoms with Crippen LogP contribution in [0.3, 0.4) is 0 Å². The molecule has 0 heterocycles. The van der Waals surface area contributed by atoms with Crippen molar-refractivity contribution in [3.05, 3.63) is 11.6 Å². The van der Waals surface area contributed by atoms with Gasteiger partial charge in [-0.25, -0.2) is 26.7 Å². The molecular formula is C8H9F5O2. The molecule has 0 spiro atoms. The zero-order valence-electron chi connectivity index (χ0n) is 7.63. The highest BCUT2D eigenvalue weighted by molar-refractivity contribution is 5.85. The predicted octanol–water partition coefficient (Wildman–Crippen LogP) is 2.30. The Bertz CT molecular complexity index is 253. The molecule has 15 heavy (non-hydrogen) atoms. The van der Waals surface area contributed by atoms with E-state index in [4.69, 9.17) is 5.11 Å². The monoisotopic (exact) mass is 232 g/mol. The molecule has 0 aromatic rings. The topological polar surface area (TPSA) is 37.3 Å². The maximum atomic E-state index is 12.7. The van der Waals surface area contributed by atoms with Crippen molar-refractivity contribution in [2.24, 2.45) is 0 Å². The smallest absolute Gasteiger partial charge is 0.331 e. The summed E-state index contributed by atoms with van der Waals surface area (Å²) in [4.78, 5) is 10.2. The van der Waals surface area contributed by atoms with Gasteiger partial charge in [-0.1, -0.05) is 0 Å². The fourth-order valence-corrected chi connectivity index (χ4v) is 0.717. The Balaban J connectivity index is 4.52. The Morgan fingerprint density at radius 1 is 1.13 bits per heavy atom. The maximum absolute atomic E-state index is 12.7. The number of carboxylic acid groups (broad SMARTS) is 1. The fraction of sp³-hybridized carbons (Fsp3) is 0.625. The van der Waals surface area contributed by atoms with E-state index in [9.17, 15) is 26.7 Å².